The summed E-state index contributed by atoms with van der Waals surface area (Å²) in [7, 11) is 0. The maximum atomic E-state index is 12.9. The van der Waals surface area contributed by atoms with Gasteiger partial charge in [-0.3, -0.25) is 0 Å². The van der Waals surface area contributed by atoms with Crippen molar-refractivity contribution in [3.63, 3.8) is 0 Å². The quantitative estimate of drug-likeness (QED) is 0.719. The Morgan fingerprint density at radius 3 is 2.83 bits per heavy atom. The Bertz CT molecular complexity index is 1010. The highest BCUT2D eigenvalue weighted by Gasteiger charge is 2.47. The number of anilines is 1. The first kappa shape index (κ1) is 17.9. The number of carbonyl (C=O) groups is 1. The van der Waals surface area contributed by atoms with Crippen molar-refractivity contribution in [3.8, 4) is 5.69 Å². The molecular formula is C22H23N5O2. The number of carbonyl (C=O) groups excluding carboxylic acids is 1. The largest absolute Gasteiger partial charge is 0.381 e. The van der Waals surface area contributed by atoms with Crippen LogP contribution >= 0.6 is 0 Å². The summed E-state index contributed by atoms with van der Waals surface area (Å²) in [5.74, 6) is 0. The molecule has 29 heavy (non-hydrogen) atoms. The number of urea groups is 1. The van der Waals surface area contributed by atoms with Gasteiger partial charge in [0, 0.05) is 24.3 Å². The van der Waals surface area contributed by atoms with E-state index < -0.39 is 0 Å². The van der Waals surface area contributed by atoms with Gasteiger partial charge in [0.25, 0.3) is 0 Å². The van der Waals surface area contributed by atoms with Gasteiger partial charge in [-0.25, -0.2) is 9.48 Å². The second-order valence-corrected chi connectivity index (χ2v) is 7.78. The van der Waals surface area contributed by atoms with Gasteiger partial charge in [0.2, 0.25) is 0 Å². The van der Waals surface area contributed by atoms with E-state index in [0.29, 0.717) is 5.69 Å². The molecule has 1 aromatic heterocycles. The number of rotatable bonds is 3. The van der Waals surface area contributed by atoms with Gasteiger partial charge >= 0.3 is 6.03 Å². The van der Waals surface area contributed by atoms with Crippen LogP contribution in [0.25, 0.3) is 5.69 Å². The third-order valence-corrected chi connectivity index (χ3v) is 6.08. The number of hydrogen-bond donors (Lipinski definition) is 2. The average molecular weight is 389 g/mol. The van der Waals surface area contributed by atoms with E-state index in [9.17, 15) is 4.79 Å². The highest BCUT2D eigenvalue weighted by molar-refractivity contribution is 5.90. The number of nitrogens with zero attached hydrogens (tertiary/aromatic N) is 3. The van der Waals surface area contributed by atoms with Gasteiger partial charge in [-0.15, -0.1) is 5.10 Å². The van der Waals surface area contributed by atoms with Crippen LogP contribution in [-0.4, -0.2) is 34.2 Å². The molecule has 0 radical (unpaired) electrons. The lowest BCUT2D eigenvalue weighted by Gasteiger charge is -2.39. The highest BCUT2D eigenvalue weighted by Crippen LogP contribution is 2.51. The van der Waals surface area contributed by atoms with E-state index in [2.05, 4.69) is 39.1 Å². The summed E-state index contributed by atoms with van der Waals surface area (Å²) >= 11 is 0. The normalized spacial score (nSPS) is 19.7. The molecule has 1 aliphatic carbocycles. The van der Waals surface area contributed by atoms with Crippen LogP contribution in [0.15, 0.2) is 60.9 Å². The lowest BCUT2D eigenvalue weighted by atomic mass is 9.74. The predicted molar refractivity (Wildman–Crippen MR) is 109 cm³/mol. The Balaban J connectivity index is 1.36. The summed E-state index contributed by atoms with van der Waals surface area (Å²) < 4.78 is 7.27. The van der Waals surface area contributed by atoms with Crippen molar-refractivity contribution in [1.82, 2.24) is 20.3 Å². The fourth-order valence-electron chi connectivity index (χ4n) is 4.63. The zero-order valence-electron chi connectivity index (χ0n) is 16.0. The smallest absolute Gasteiger partial charge is 0.319 e. The lowest BCUT2D eigenvalue weighted by molar-refractivity contribution is 0.00245. The number of amides is 2. The molecule has 148 valence electrons. The zero-order valence-corrected chi connectivity index (χ0v) is 16.0. The minimum Gasteiger partial charge on any atom is -0.381 e. The minimum absolute atomic E-state index is 0.0129. The Morgan fingerprint density at radius 1 is 1.14 bits per heavy atom. The van der Waals surface area contributed by atoms with Crippen molar-refractivity contribution < 1.29 is 9.53 Å². The molecule has 1 unspecified atom stereocenters. The number of aromatic nitrogens is 3. The molecule has 2 N–H and O–H groups in total. The Kier molecular flexibility index (Phi) is 4.52. The molecule has 5 rings (SSSR count). The SMILES string of the molecule is O=C(Nc1cccc(-n2ccnn2)c1)NC1c2ccccc2CC12CCOCC2. The molecule has 1 aliphatic heterocycles. The van der Waals surface area contributed by atoms with Crippen LogP contribution in [0.5, 0.6) is 0 Å². The number of nitrogens with one attached hydrogen (secondary N) is 2. The van der Waals surface area contributed by atoms with E-state index in [-0.39, 0.29) is 17.5 Å². The molecule has 1 saturated heterocycles. The number of fused-ring (bicyclic) bond motifs is 1. The van der Waals surface area contributed by atoms with Crippen LogP contribution in [0, 0.1) is 5.41 Å². The van der Waals surface area contributed by atoms with Gasteiger partial charge in [-0.1, -0.05) is 35.5 Å². The van der Waals surface area contributed by atoms with Gasteiger partial charge in [-0.2, -0.15) is 0 Å². The van der Waals surface area contributed by atoms with Crippen molar-refractivity contribution in [2.45, 2.75) is 25.3 Å². The predicted octanol–water partition coefficient (Wildman–Crippen LogP) is 3.48. The van der Waals surface area contributed by atoms with Crippen molar-refractivity contribution in [1.29, 1.82) is 0 Å². The van der Waals surface area contributed by atoms with Gasteiger partial charge in [0.1, 0.15) is 0 Å². The van der Waals surface area contributed by atoms with Gasteiger partial charge in [0.05, 0.1) is 24.1 Å². The number of hydrogen-bond acceptors (Lipinski definition) is 4. The first-order chi connectivity index (χ1) is 14.2. The second-order valence-electron chi connectivity index (χ2n) is 7.78. The van der Waals surface area contributed by atoms with Crippen LogP contribution in [0.2, 0.25) is 0 Å². The van der Waals surface area contributed by atoms with Crippen molar-refractivity contribution in [2.75, 3.05) is 18.5 Å². The lowest BCUT2D eigenvalue weighted by Crippen LogP contribution is -2.43. The number of benzene rings is 2. The molecule has 1 fully saturated rings. The minimum atomic E-state index is -0.201. The molecule has 7 heteroatoms. The fourth-order valence-corrected chi connectivity index (χ4v) is 4.63. The van der Waals surface area contributed by atoms with Crippen molar-refractivity contribution in [2.24, 2.45) is 5.41 Å². The first-order valence-electron chi connectivity index (χ1n) is 9.93. The summed E-state index contributed by atoms with van der Waals surface area (Å²) in [5.41, 5.74) is 4.13. The molecule has 3 aromatic rings. The molecule has 1 atom stereocenters. The summed E-state index contributed by atoms with van der Waals surface area (Å²) in [5, 5.41) is 14.1. The average Bonchev–Trinajstić information content (AvgIpc) is 3.37. The van der Waals surface area contributed by atoms with E-state index in [0.717, 1.165) is 38.2 Å². The third-order valence-electron chi connectivity index (χ3n) is 6.08. The summed E-state index contributed by atoms with van der Waals surface area (Å²) in [6.07, 6.45) is 6.28. The number of ether oxygens (including phenoxy) is 1. The third kappa shape index (κ3) is 3.38. The zero-order chi connectivity index (χ0) is 19.7. The topological polar surface area (TPSA) is 81.1 Å². The molecule has 2 aliphatic rings. The van der Waals surface area contributed by atoms with E-state index in [1.54, 1.807) is 17.1 Å². The maximum absolute atomic E-state index is 12.9. The molecule has 2 amide bonds. The van der Waals surface area contributed by atoms with Crippen LogP contribution < -0.4 is 10.6 Å². The van der Waals surface area contributed by atoms with Crippen molar-refractivity contribution in [3.05, 3.63) is 72.1 Å². The molecule has 2 heterocycles. The van der Waals surface area contributed by atoms with Gasteiger partial charge in [0.15, 0.2) is 0 Å². The Labute approximate surface area is 169 Å². The molecule has 2 aromatic carbocycles. The summed E-state index contributed by atoms with van der Waals surface area (Å²) in [4.78, 5) is 12.9. The first-order valence-corrected chi connectivity index (χ1v) is 9.93. The molecule has 0 saturated carbocycles. The second kappa shape index (κ2) is 7.33. The summed E-state index contributed by atoms with van der Waals surface area (Å²) in [6.45, 7) is 1.49. The molecule has 1 spiro atoms. The van der Waals surface area contributed by atoms with Crippen LogP contribution in [-0.2, 0) is 11.2 Å². The van der Waals surface area contributed by atoms with Crippen molar-refractivity contribution >= 4 is 11.7 Å². The van der Waals surface area contributed by atoms with Crippen LogP contribution in [0.1, 0.15) is 30.0 Å². The molecule has 0 bridgehead atoms. The Morgan fingerprint density at radius 2 is 2.00 bits per heavy atom. The molecule has 7 nitrogen and oxygen atoms in total. The van der Waals surface area contributed by atoms with E-state index in [1.165, 1.54) is 11.1 Å². The van der Waals surface area contributed by atoms with E-state index in [1.807, 2.05) is 30.3 Å². The molecular weight excluding hydrogens is 366 g/mol. The maximum Gasteiger partial charge on any atom is 0.319 e. The Hall–Kier alpha value is -3.19. The fraction of sp³-hybridized carbons (Fsp3) is 0.318. The monoisotopic (exact) mass is 389 g/mol. The van der Waals surface area contributed by atoms with E-state index in [4.69, 9.17) is 4.74 Å². The highest BCUT2D eigenvalue weighted by atomic mass is 16.5. The van der Waals surface area contributed by atoms with E-state index >= 15 is 0 Å². The van der Waals surface area contributed by atoms with Gasteiger partial charge < -0.3 is 15.4 Å². The van der Waals surface area contributed by atoms with Gasteiger partial charge in [-0.05, 0) is 48.6 Å². The van der Waals surface area contributed by atoms with Crippen LogP contribution in [0.4, 0.5) is 10.5 Å². The van der Waals surface area contributed by atoms with Crippen LogP contribution in [0.3, 0.4) is 0 Å². The summed E-state index contributed by atoms with van der Waals surface area (Å²) in [6, 6.07) is 15.8. The standard InChI is InChI=1S/C22H23N5O2/c28-21(24-17-5-3-6-18(14-17)27-11-10-23-26-27)25-20-19-7-2-1-4-16(19)15-22(20)8-12-29-13-9-22/h1-7,10-11,14,20H,8-9,12-13,15H2,(H2,24,25,28).